The third-order valence-electron chi connectivity index (χ3n) is 3.49. The van der Waals surface area contributed by atoms with Crippen molar-refractivity contribution in [3.05, 3.63) is 70.3 Å². The fourth-order valence-corrected chi connectivity index (χ4v) is 2.98. The smallest absolute Gasteiger partial charge is 0.276 e. The Balaban J connectivity index is 1.65. The zero-order chi connectivity index (χ0) is 16.9. The molecule has 5 nitrogen and oxygen atoms in total. The van der Waals surface area contributed by atoms with Crippen LogP contribution in [-0.2, 0) is 6.42 Å². The molecule has 0 saturated heterocycles. The SMILES string of the molecule is CN(C)c1ccc(NC(=O)c2csc(Cc3ccccc3)n2)nc1. The molecule has 0 bridgehead atoms. The number of hydrogen-bond acceptors (Lipinski definition) is 5. The molecule has 1 aromatic carbocycles. The van der Waals surface area contributed by atoms with Crippen LogP contribution in [0.1, 0.15) is 21.1 Å². The maximum absolute atomic E-state index is 12.3. The molecule has 0 atom stereocenters. The summed E-state index contributed by atoms with van der Waals surface area (Å²) in [4.78, 5) is 22.9. The number of anilines is 2. The van der Waals surface area contributed by atoms with Crippen molar-refractivity contribution in [3.63, 3.8) is 0 Å². The number of nitrogens with zero attached hydrogens (tertiary/aromatic N) is 3. The van der Waals surface area contributed by atoms with Gasteiger partial charge in [0.05, 0.1) is 16.9 Å². The van der Waals surface area contributed by atoms with E-state index in [4.69, 9.17) is 0 Å². The summed E-state index contributed by atoms with van der Waals surface area (Å²) >= 11 is 1.49. The molecule has 3 rings (SSSR count). The van der Waals surface area contributed by atoms with E-state index in [9.17, 15) is 4.79 Å². The third-order valence-corrected chi connectivity index (χ3v) is 4.34. The van der Waals surface area contributed by atoms with Gasteiger partial charge >= 0.3 is 0 Å². The molecule has 0 aliphatic rings. The number of aromatic nitrogens is 2. The monoisotopic (exact) mass is 338 g/mol. The van der Waals surface area contributed by atoms with Gasteiger partial charge in [0.1, 0.15) is 11.5 Å². The Morgan fingerprint density at radius 1 is 1.17 bits per heavy atom. The number of carbonyl (C=O) groups is 1. The van der Waals surface area contributed by atoms with Crippen LogP contribution >= 0.6 is 11.3 Å². The van der Waals surface area contributed by atoms with Crippen molar-refractivity contribution >= 4 is 28.7 Å². The largest absolute Gasteiger partial charge is 0.376 e. The lowest BCUT2D eigenvalue weighted by atomic mass is 10.2. The first-order valence-electron chi connectivity index (χ1n) is 7.55. The predicted octanol–water partition coefficient (Wildman–Crippen LogP) is 3.45. The standard InChI is InChI=1S/C18H18N4OS/c1-22(2)14-8-9-16(19-11-14)21-18(23)15-12-24-17(20-15)10-13-6-4-3-5-7-13/h3-9,11-12H,10H2,1-2H3,(H,19,21,23). The highest BCUT2D eigenvalue weighted by molar-refractivity contribution is 7.09. The topological polar surface area (TPSA) is 58.1 Å². The number of nitrogens with one attached hydrogen (secondary N) is 1. The van der Waals surface area contributed by atoms with Crippen LogP contribution < -0.4 is 10.2 Å². The van der Waals surface area contributed by atoms with Crippen LogP contribution in [0.5, 0.6) is 0 Å². The molecule has 0 spiro atoms. The van der Waals surface area contributed by atoms with E-state index in [0.29, 0.717) is 11.5 Å². The van der Waals surface area contributed by atoms with Crippen LogP contribution in [0.15, 0.2) is 54.0 Å². The number of thiazole rings is 1. The highest BCUT2D eigenvalue weighted by atomic mass is 32.1. The Hall–Kier alpha value is -2.73. The van der Waals surface area contributed by atoms with Crippen molar-refractivity contribution in [2.45, 2.75) is 6.42 Å². The van der Waals surface area contributed by atoms with E-state index in [2.05, 4.69) is 27.4 Å². The van der Waals surface area contributed by atoms with Gasteiger partial charge in [-0.15, -0.1) is 11.3 Å². The minimum Gasteiger partial charge on any atom is -0.376 e. The Kier molecular flexibility index (Phi) is 4.86. The second-order valence-electron chi connectivity index (χ2n) is 5.54. The number of carbonyl (C=O) groups excluding carboxylic acids is 1. The van der Waals surface area contributed by atoms with Crippen molar-refractivity contribution < 1.29 is 4.79 Å². The summed E-state index contributed by atoms with van der Waals surface area (Å²) in [6, 6.07) is 13.8. The molecule has 0 aliphatic heterocycles. The zero-order valence-electron chi connectivity index (χ0n) is 13.6. The average Bonchev–Trinajstić information content (AvgIpc) is 3.05. The van der Waals surface area contributed by atoms with Crippen molar-refractivity contribution in [2.75, 3.05) is 24.3 Å². The Morgan fingerprint density at radius 2 is 1.96 bits per heavy atom. The van der Waals surface area contributed by atoms with Crippen molar-refractivity contribution in [1.82, 2.24) is 9.97 Å². The van der Waals surface area contributed by atoms with Crippen LogP contribution in [0.2, 0.25) is 0 Å². The summed E-state index contributed by atoms with van der Waals surface area (Å²) in [7, 11) is 3.89. The van der Waals surface area contributed by atoms with Gasteiger partial charge in [-0.2, -0.15) is 0 Å². The maximum Gasteiger partial charge on any atom is 0.276 e. The van der Waals surface area contributed by atoms with Crippen LogP contribution in [0.25, 0.3) is 0 Å². The van der Waals surface area contributed by atoms with Gasteiger partial charge in [-0.3, -0.25) is 4.79 Å². The molecule has 0 aliphatic carbocycles. The molecule has 0 unspecified atom stereocenters. The highest BCUT2D eigenvalue weighted by Gasteiger charge is 2.12. The second-order valence-corrected chi connectivity index (χ2v) is 6.48. The molecular formula is C18H18N4OS. The molecular weight excluding hydrogens is 320 g/mol. The maximum atomic E-state index is 12.3. The molecule has 1 amide bonds. The average molecular weight is 338 g/mol. The molecule has 1 N–H and O–H groups in total. The molecule has 2 aromatic heterocycles. The van der Waals surface area contributed by atoms with E-state index in [-0.39, 0.29) is 5.91 Å². The predicted molar refractivity (Wildman–Crippen MR) is 97.9 cm³/mol. The summed E-state index contributed by atoms with van der Waals surface area (Å²) in [5.41, 5.74) is 2.58. The lowest BCUT2D eigenvalue weighted by Gasteiger charge is -2.11. The van der Waals surface area contributed by atoms with Crippen LogP contribution in [0.4, 0.5) is 11.5 Å². The first kappa shape index (κ1) is 16.1. The summed E-state index contributed by atoms with van der Waals surface area (Å²) in [5, 5.41) is 5.48. The normalized spacial score (nSPS) is 10.4. The fourth-order valence-electron chi connectivity index (χ4n) is 2.17. The number of benzene rings is 1. The molecule has 0 fully saturated rings. The Bertz CT molecular complexity index is 813. The molecule has 6 heteroatoms. The molecule has 122 valence electrons. The zero-order valence-corrected chi connectivity index (χ0v) is 14.4. The van der Waals surface area contributed by atoms with Crippen molar-refractivity contribution in [1.29, 1.82) is 0 Å². The number of hydrogen-bond donors (Lipinski definition) is 1. The summed E-state index contributed by atoms with van der Waals surface area (Å²) < 4.78 is 0. The first-order valence-corrected chi connectivity index (χ1v) is 8.43. The van der Waals surface area contributed by atoms with Gasteiger partial charge in [0, 0.05) is 25.9 Å². The minimum atomic E-state index is -0.240. The fraction of sp³-hybridized carbons (Fsp3) is 0.167. The Labute approximate surface area is 145 Å². The van der Waals surface area contributed by atoms with Gasteiger partial charge in [-0.25, -0.2) is 9.97 Å². The first-order chi connectivity index (χ1) is 11.6. The van der Waals surface area contributed by atoms with Crippen molar-refractivity contribution in [3.8, 4) is 0 Å². The van der Waals surface area contributed by atoms with E-state index >= 15 is 0 Å². The molecule has 3 aromatic rings. The van der Waals surface area contributed by atoms with Crippen molar-refractivity contribution in [2.24, 2.45) is 0 Å². The summed E-state index contributed by atoms with van der Waals surface area (Å²) in [6.45, 7) is 0. The van der Waals surface area contributed by atoms with Crippen LogP contribution in [-0.4, -0.2) is 30.0 Å². The Morgan fingerprint density at radius 3 is 2.62 bits per heavy atom. The molecule has 2 heterocycles. The second kappa shape index (κ2) is 7.23. The molecule has 0 saturated carbocycles. The number of rotatable bonds is 5. The van der Waals surface area contributed by atoms with Crippen LogP contribution in [0.3, 0.4) is 0 Å². The van der Waals surface area contributed by atoms with Gasteiger partial charge in [0.15, 0.2) is 0 Å². The number of pyridine rings is 1. The lowest BCUT2D eigenvalue weighted by Crippen LogP contribution is -2.14. The van der Waals surface area contributed by atoms with E-state index in [1.807, 2.05) is 43.3 Å². The quantitative estimate of drug-likeness (QED) is 0.774. The van der Waals surface area contributed by atoms with Gasteiger partial charge < -0.3 is 10.2 Å². The van der Waals surface area contributed by atoms with E-state index < -0.39 is 0 Å². The van der Waals surface area contributed by atoms with Gasteiger partial charge in [0.2, 0.25) is 0 Å². The van der Waals surface area contributed by atoms with Crippen LogP contribution in [0, 0.1) is 0 Å². The third kappa shape index (κ3) is 3.97. The number of amides is 1. The van der Waals surface area contributed by atoms with Gasteiger partial charge in [-0.1, -0.05) is 30.3 Å². The molecule has 24 heavy (non-hydrogen) atoms. The van der Waals surface area contributed by atoms with E-state index in [1.54, 1.807) is 17.6 Å². The lowest BCUT2D eigenvalue weighted by molar-refractivity contribution is 0.102. The summed E-state index contributed by atoms with van der Waals surface area (Å²) in [6.07, 6.45) is 2.45. The highest BCUT2D eigenvalue weighted by Crippen LogP contribution is 2.17. The van der Waals surface area contributed by atoms with E-state index in [0.717, 1.165) is 17.1 Å². The van der Waals surface area contributed by atoms with Gasteiger partial charge in [0.25, 0.3) is 5.91 Å². The van der Waals surface area contributed by atoms with E-state index in [1.165, 1.54) is 16.9 Å². The van der Waals surface area contributed by atoms with Gasteiger partial charge in [-0.05, 0) is 17.7 Å². The minimum absolute atomic E-state index is 0.240. The molecule has 0 radical (unpaired) electrons. The summed E-state index contributed by atoms with van der Waals surface area (Å²) in [5.74, 6) is 0.277.